The maximum Gasteiger partial charge on any atom is 0.0412 e. The number of fused-ring (bicyclic) bond motifs is 2. The topological polar surface area (TPSA) is 3.24 Å². The fourth-order valence-electron chi connectivity index (χ4n) is 4.14. The van der Waals surface area contributed by atoms with E-state index >= 15 is 0 Å². The van der Waals surface area contributed by atoms with Crippen molar-refractivity contribution in [2.24, 2.45) is 0 Å². The molecule has 4 rings (SSSR count). The van der Waals surface area contributed by atoms with Crippen LogP contribution in [0, 0.1) is 0 Å². The van der Waals surface area contributed by atoms with Crippen LogP contribution in [0.25, 0.3) is 5.57 Å². The lowest BCUT2D eigenvalue weighted by Gasteiger charge is -2.28. The van der Waals surface area contributed by atoms with Gasteiger partial charge in [0.15, 0.2) is 0 Å². The van der Waals surface area contributed by atoms with Crippen LogP contribution in [0.1, 0.15) is 36.0 Å². The first-order valence-electron chi connectivity index (χ1n) is 9.15. The van der Waals surface area contributed by atoms with Gasteiger partial charge in [0, 0.05) is 23.1 Å². The van der Waals surface area contributed by atoms with Crippen LogP contribution in [0.5, 0.6) is 0 Å². The van der Waals surface area contributed by atoms with Gasteiger partial charge in [-0.3, -0.25) is 4.90 Å². The first-order valence-corrected chi connectivity index (χ1v) is 9.91. The largest absolute Gasteiger partial charge is 0.299 e. The van der Waals surface area contributed by atoms with E-state index in [1.165, 1.54) is 42.6 Å². The summed E-state index contributed by atoms with van der Waals surface area (Å²) in [5.74, 6) is 0. The maximum absolute atomic E-state index is 6.19. The average molecular weight is 372 g/mol. The minimum absolute atomic E-state index is 0.842. The molecule has 0 bridgehead atoms. The molecule has 1 nitrogen and oxygen atoms in total. The van der Waals surface area contributed by atoms with E-state index in [1.807, 2.05) is 18.2 Å². The highest BCUT2D eigenvalue weighted by atomic mass is 35.5. The quantitative estimate of drug-likeness (QED) is 0.579. The van der Waals surface area contributed by atoms with Crippen molar-refractivity contribution in [3.8, 4) is 0 Å². The lowest BCUT2D eigenvalue weighted by atomic mass is 9.99. The number of hydrogen-bond donors (Lipinski definition) is 0. The molecular weight excluding hydrogens is 349 g/mol. The molecule has 1 aliphatic heterocycles. The van der Waals surface area contributed by atoms with Gasteiger partial charge in [-0.25, -0.2) is 0 Å². The molecule has 0 fully saturated rings. The second kappa shape index (κ2) is 7.53. The summed E-state index contributed by atoms with van der Waals surface area (Å²) in [7, 11) is 0. The van der Waals surface area contributed by atoms with Gasteiger partial charge in [0.2, 0.25) is 0 Å². The molecule has 1 aliphatic carbocycles. The van der Waals surface area contributed by atoms with Crippen molar-refractivity contribution < 1.29 is 0 Å². The first kappa shape index (κ1) is 17.1. The smallest absolute Gasteiger partial charge is 0.0412 e. The number of rotatable bonds is 5. The molecule has 0 aromatic heterocycles. The zero-order chi connectivity index (χ0) is 17.2. The van der Waals surface area contributed by atoms with Crippen LogP contribution in [0.15, 0.2) is 48.0 Å². The fraction of sp³-hybridized carbons (Fsp3) is 0.364. The van der Waals surface area contributed by atoms with E-state index in [0.29, 0.717) is 0 Å². The minimum atomic E-state index is 0.842. The number of benzene rings is 2. The molecule has 2 aromatic rings. The predicted molar refractivity (Wildman–Crippen MR) is 108 cm³/mol. The summed E-state index contributed by atoms with van der Waals surface area (Å²) in [4.78, 5) is 2.62. The molecule has 130 valence electrons. The third kappa shape index (κ3) is 3.95. The van der Waals surface area contributed by atoms with Gasteiger partial charge in [0.25, 0.3) is 0 Å². The predicted octanol–water partition coefficient (Wildman–Crippen LogP) is 6.03. The molecule has 1 heterocycles. The van der Waals surface area contributed by atoms with Gasteiger partial charge in [-0.05, 0) is 90.8 Å². The molecule has 0 N–H and O–H groups in total. The number of halogens is 2. The second-order valence-corrected chi connectivity index (χ2v) is 8.05. The molecule has 0 spiro atoms. The Kier molecular flexibility index (Phi) is 5.17. The van der Waals surface area contributed by atoms with Crippen LogP contribution in [0.4, 0.5) is 0 Å². The number of nitrogens with zero attached hydrogens (tertiary/aromatic N) is 1. The lowest BCUT2D eigenvalue weighted by molar-refractivity contribution is 0.287. The molecular formula is C22H23Cl2N. The highest BCUT2D eigenvalue weighted by Gasteiger charge is 2.26. The van der Waals surface area contributed by atoms with E-state index in [1.54, 1.807) is 11.1 Å². The highest BCUT2D eigenvalue weighted by molar-refractivity contribution is 6.31. The molecule has 2 aromatic carbocycles. The Morgan fingerprint density at radius 3 is 2.72 bits per heavy atom. The summed E-state index contributed by atoms with van der Waals surface area (Å²) in [5.41, 5.74) is 7.38. The Morgan fingerprint density at radius 2 is 1.84 bits per heavy atom. The fourth-order valence-corrected chi connectivity index (χ4v) is 4.53. The van der Waals surface area contributed by atoms with Crippen LogP contribution >= 0.6 is 23.2 Å². The molecule has 0 atom stereocenters. The van der Waals surface area contributed by atoms with Crippen molar-refractivity contribution >= 4 is 28.8 Å². The van der Waals surface area contributed by atoms with E-state index in [2.05, 4.69) is 29.2 Å². The zero-order valence-corrected chi connectivity index (χ0v) is 15.9. The van der Waals surface area contributed by atoms with Gasteiger partial charge in [-0.2, -0.15) is 0 Å². The Balaban J connectivity index is 1.28. The van der Waals surface area contributed by atoms with Crippen LogP contribution in [0.3, 0.4) is 0 Å². The van der Waals surface area contributed by atoms with Crippen LogP contribution < -0.4 is 0 Å². The van der Waals surface area contributed by atoms with Gasteiger partial charge >= 0.3 is 0 Å². The van der Waals surface area contributed by atoms with Gasteiger partial charge in [0.1, 0.15) is 0 Å². The molecule has 0 unspecified atom stereocenters. The Bertz CT molecular complexity index is 809. The summed E-state index contributed by atoms with van der Waals surface area (Å²) in [5, 5.41) is 1.70. The summed E-state index contributed by atoms with van der Waals surface area (Å²) in [6.45, 7) is 3.48. The van der Waals surface area contributed by atoms with E-state index in [4.69, 9.17) is 23.2 Å². The molecule has 0 radical (unpaired) electrons. The molecule has 2 aliphatic rings. The summed E-state index contributed by atoms with van der Waals surface area (Å²) < 4.78 is 0. The average Bonchev–Trinajstić information content (AvgIpc) is 2.96. The van der Waals surface area contributed by atoms with Crippen LogP contribution in [-0.4, -0.2) is 24.5 Å². The summed E-state index contributed by atoms with van der Waals surface area (Å²) in [6, 6.07) is 14.6. The van der Waals surface area contributed by atoms with Gasteiger partial charge < -0.3 is 0 Å². The standard InChI is InChI=1S/C22H23Cl2N/c23-19-6-3-5-16(12-19)4-1-2-10-25-11-9-21-18(15-25)13-17-7-8-20(24)14-22(17)21/h3,5-8,12,14H,1-2,4,9-11,13,15H2. The van der Waals surface area contributed by atoms with Crippen LogP contribution in [0.2, 0.25) is 10.0 Å². The van der Waals surface area contributed by atoms with Crippen molar-refractivity contribution in [2.45, 2.75) is 32.1 Å². The van der Waals surface area contributed by atoms with Gasteiger partial charge in [0.05, 0.1) is 0 Å². The second-order valence-electron chi connectivity index (χ2n) is 7.17. The Hall–Kier alpha value is -1.28. The third-order valence-electron chi connectivity index (χ3n) is 5.40. The summed E-state index contributed by atoms with van der Waals surface area (Å²) >= 11 is 12.2. The van der Waals surface area contributed by atoms with Gasteiger partial charge in [-0.1, -0.05) is 41.4 Å². The van der Waals surface area contributed by atoms with Crippen molar-refractivity contribution in [2.75, 3.05) is 19.6 Å². The summed E-state index contributed by atoms with van der Waals surface area (Å²) in [6.07, 6.45) is 5.86. The van der Waals surface area contributed by atoms with Gasteiger partial charge in [-0.15, -0.1) is 0 Å². The Morgan fingerprint density at radius 1 is 0.960 bits per heavy atom. The number of aryl methyl sites for hydroxylation is 1. The Labute approximate surface area is 160 Å². The van der Waals surface area contributed by atoms with E-state index in [-0.39, 0.29) is 0 Å². The maximum atomic E-state index is 6.19. The van der Waals surface area contributed by atoms with Crippen molar-refractivity contribution in [1.29, 1.82) is 0 Å². The molecule has 0 saturated heterocycles. The van der Waals surface area contributed by atoms with Crippen LogP contribution in [-0.2, 0) is 12.8 Å². The highest BCUT2D eigenvalue weighted by Crippen LogP contribution is 2.39. The molecule has 0 amide bonds. The lowest BCUT2D eigenvalue weighted by Crippen LogP contribution is -2.31. The number of hydrogen-bond acceptors (Lipinski definition) is 1. The van der Waals surface area contributed by atoms with E-state index in [9.17, 15) is 0 Å². The monoisotopic (exact) mass is 371 g/mol. The first-order chi connectivity index (χ1) is 12.2. The van der Waals surface area contributed by atoms with Crippen molar-refractivity contribution in [1.82, 2.24) is 4.90 Å². The molecule has 25 heavy (non-hydrogen) atoms. The molecule has 3 heteroatoms. The minimum Gasteiger partial charge on any atom is -0.299 e. The third-order valence-corrected chi connectivity index (χ3v) is 5.87. The van der Waals surface area contributed by atoms with E-state index < -0.39 is 0 Å². The zero-order valence-electron chi connectivity index (χ0n) is 14.4. The number of unbranched alkanes of at least 4 members (excludes halogenated alkanes) is 1. The van der Waals surface area contributed by atoms with Crippen molar-refractivity contribution in [3.63, 3.8) is 0 Å². The SMILES string of the molecule is Clc1cccc(CCCCN2CCC3=C(Cc4ccc(Cl)cc43)C2)c1. The molecule has 0 saturated carbocycles. The van der Waals surface area contributed by atoms with E-state index in [0.717, 1.165) is 35.9 Å². The van der Waals surface area contributed by atoms with Crippen molar-refractivity contribution in [3.05, 3.63) is 74.8 Å². The normalized spacial score (nSPS) is 16.9.